The Bertz CT molecular complexity index is 1030. The van der Waals surface area contributed by atoms with Gasteiger partial charge >= 0.3 is 0 Å². The average Bonchev–Trinajstić information content (AvgIpc) is 3.18. The van der Waals surface area contributed by atoms with Crippen LogP contribution in [0.3, 0.4) is 0 Å². The number of anilines is 1. The molecule has 7 nitrogen and oxygen atoms in total. The van der Waals surface area contributed by atoms with Crippen LogP contribution in [0.15, 0.2) is 54.7 Å². The summed E-state index contributed by atoms with van der Waals surface area (Å²) in [7, 11) is 1.69. The Hall–Kier alpha value is -3.48. The Morgan fingerprint density at radius 1 is 1.24 bits per heavy atom. The van der Waals surface area contributed by atoms with E-state index in [0.29, 0.717) is 18.7 Å². The van der Waals surface area contributed by atoms with Gasteiger partial charge < -0.3 is 5.32 Å². The van der Waals surface area contributed by atoms with Crippen molar-refractivity contribution in [1.82, 2.24) is 20.5 Å². The van der Waals surface area contributed by atoms with Crippen LogP contribution in [0.25, 0.3) is 0 Å². The molecule has 7 heteroatoms. The van der Waals surface area contributed by atoms with Gasteiger partial charge in [-0.3, -0.25) is 19.6 Å². The molecule has 3 heterocycles. The molecule has 0 unspecified atom stereocenters. The van der Waals surface area contributed by atoms with Crippen LogP contribution in [0.2, 0.25) is 0 Å². The molecule has 3 aromatic rings. The van der Waals surface area contributed by atoms with Gasteiger partial charge in [-0.05, 0) is 35.6 Å². The third-order valence-corrected chi connectivity index (χ3v) is 5.29. The molecule has 0 radical (unpaired) electrons. The second-order valence-electron chi connectivity index (χ2n) is 7.42. The average molecular weight is 389 g/mol. The van der Waals surface area contributed by atoms with Crippen LogP contribution in [-0.2, 0) is 11.2 Å². The molecule has 1 aliphatic heterocycles. The normalized spacial score (nSPS) is 18.8. The van der Waals surface area contributed by atoms with Crippen molar-refractivity contribution >= 4 is 17.6 Å². The van der Waals surface area contributed by atoms with Gasteiger partial charge in [-0.2, -0.15) is 5.10 Å². The molecular weight excluding hydrogens is 366 g/mol. The van der Waals surface area contributed by atoms with Gasteiger partial charge in [0.2, 0.25) is 5.91 Å². The molecule has 29 heavy (non-hydrogen) atoms. The molecule has 0 saturated heterocycles. The van der Waals surface area contributed by atoms with E-state index in [9.17, 15) is 9.59 Å². The zero-order valence-electron chi connectivity index (χ0n) is 16.4. The number of hydrogen-bond acceptors (Lipinski definition) is 4. The first-order valence-electron chi connectivity index (χ1n) is 9.64. The van der Waals surface area contributed by atoms with Gasteiger partial charge in [0.05, 0.1) is 0 Å². The first kappa shape index (κ1) is 18.9. The van der Waals surface area contributed by atoms with Crippen LogP contribution >= 0.6 is 0 Å². The highest BCUT2D eigenvalue weighted by Gasteiger charge is 2.33. The fourth-order valence-corrected chi connectivity index (χ4v) is 3.73. The minimum Gasteiger partial charge on any atom is -0.339 e. The first-order chi connectivity index (χ1) is 14.0. The second kappa shape index (κ2) is 7.87. The summed E-state index contributed by atoms with van der Waals surface area (Å²) in [5, 5.41) is 9.90. The van der Waals surface area contributed by atoms with Gasteiger partial charge in [-0.25, -0.2) is 4.98 Å². The van der Waals surface area contributed by atoms with Crippen LogP contribution in [0.4, 0.5) is 5.82 Å². The van der Waals surface area contributed by atoms with Crippen molar-refractivity contribution in [3.8, 4) is 0 Å². The van der Waals surface area contributed by atoms with E-state index < -0.39 is 6.04 Å². The van der Waals surface area contributed by atoms with Crippen molar-refractivity contribution in [2.75, 3.05) is 11.9 Å². The van der Waals surface area contributed by atoms with Crippen molar-refractivity contribution in [3.05, 3.63) is 77.2 Å². The number of aromatic nitrogens is 3. The second-order valence-corrected chi connectivity index (χ2v) is 7.42. The predicted molar refractivity (Wildman–Crippen MR) is 110 cm³/mol. The third-order valence-electron chi connectivity index (χ3n) is 5.29. The molecule has 2 N–H and O–H groups in total. The van der Waals surface area contributed by atoms with Crippen molar-refractivity contribution < 1.29 is 9.59 Å². The number of likely N-dealkylation sites (N-methyl/N-ethyl adjacent to an activating group) is 1. The SMILES string of the molecule is C[C@H]1C[C@H](NC(=O)c2cc(Cc3ccccc3)[nH]n2)C(=O)N(C)c2ncccc21. The summed E-state index contributed by atoms with van der Waals surface area (Å²) >= 11 is 0. The topological polar surface area (TPSA) is 91.0 Å². The number of carbonyl (C=O) groups is 2. The third kappa shape index (κ3) is 3.89. The van der Waals surface area contributed by atoms with Gasteiger partial charge in [-0.15, -0.1) is 0 Å². The lowest BCUT2D eigenvalue weighted by molar-refractivity contribution is -0.120. The largest absolute Gasteiger partial charge is 0.339 e. The summed E-state index contributed by atoms with van der Waals surface area (Å²) in [5.41, 5.74) is 3.25. The zero-order chi connectivity index (χ0) is 20.4. The Balaban J connectivity index is 1.48. The first-order valence-corrected chi connectivity index (χ1v) is 9.64. The highest BCUT2D eigenvalue weighted by Crippen LogP contribution is 2.32. The van der Waals surface area contributed by atoms with E-state index in [1.807, 2.05) is 49.4 Å². The lowest BCUT2D eigenvalue weighted by Gasteiger charge is -2.20. The number of aromatic amines is 1. The molecule has 0 fully saturated rings. The van der Waals surface area contributed by atoms with Crippen LogP contribution in [-0.4, -0.2) is 40.1 Å². The van der Waals surface area contributed by atoms with E-state index in [4.69, 9.17) is 0 Å². The van der Waals surface area contributed by atoms with Gasteiger partial charge in [0.25, 0.3) is 5.91 Å². The Labute approximate surface area is 169 Å². The number of fused-ring (bicyclic) bond motifs is 1. The molecule has 2 amide bonds. The monoisotopic (exact) mass is 389 g/mol. The van der Waals surface area contributed by atoms with Crippen molar-refractivity contribution in [2.24, 2.45) is 0 Å². The Kier molecular flexibility index (Phi) is 5.12. The summed E-state index contributed by atoms with van der Waals surface area (Å²) in [6, 6.07) is 14.9. The van der Waals surface area contributed by atoms with Crippen LogP contribution in [0, 0.1) is 0 Å². The Morgan fingerprint density at radius 2 is 2.03 bits per heavy atom. The van der Waals surface area contributed by atoms with Gasteiger partial charge in [0, 0.05) is 25.4 Å². The molecule has 1 aromatic carbocycles. The number of nitrogens with zero attached hydrogens (tertiary/aromatic N) is 3. The zero-order valence-corrected chi connectivity index (χ0v) is 16.4. The molecule has 0 saturated carbocycles. The van der Waals surface area contributed by atoms with E-state index in [1.54, 1.807) is 19.3 Å². The molecule has 2 atom stereocenters. The fourth-order valence-electron chi connectivity index (χ4n) is 3.73. The van der Waals surface area contributed by atoms with Gasteiger partial charge in [0.15, 0.2) is 0 Å². The number of pyridine rings is 1. The molecule has 0 spiro atoms. The number of hydrogen-bond donors (Lipinski definition) is 2. The minimum absolute atomic E-state index is 0.0886. The lowest BCUT2D eigenvalue weighted by Crippen LogP contribution is -2.47. The number of carbonyl (C=O) groups excluding carboxylic acids is 2. The summed E-state index contributed by atoms with van der Waals surface area (Å²) in [6.45, 7) is 2.04. The van der Waals surface area contributed by atoms with E-state index >= 15 is 0 Å². The number of nitrogens with one attached hydrogen (secondary N) is 2. The highest BCUT2D eigenvalue weighted by atomic mass is 16.2. The highest BCUT2D eigenvalue weighted by molar-refractivity contribution is 6.02. The maximum atomic E-state index is 12.9. The lowest BCUT2D eigenvalue weighted by atomic mass is 9.95. The molecule has 2 aromatic heterocycles. The van der Waals surface area contributed by atoms with E-state index in [1.165, 1.54) is 4.90 Å². The van der Waals surface area contributed by atoms with E-state index in [-0.39, 0.29) is 23.4 Å². The van der Waals surface area contributed by atoms with Crippen LogP contribution in [0.1, 0.15) is 46.6 Å². The van der Waals surface area contributed by atoms with Crippen molar-refractivity contribution in [2.45, 2.75) is 31.7 Å². The number of rotatable bonds is 4. The summed E-state index contributed by atoms with van der Waals surface area (Å²) in [5.74, 6) is 0.193. The fraction of sp³-hybridized carbons (Fsp3) is 0.273. The number of benzene rings is 1. The predicted octanol–water partition coefficient (Wildman–Crippen LogP) is 2.66. The van der Waals surface area contributed by atoms with Crippen molar-refractivity contribution in [3.63, 3.8) is 0 Å². The summed E-state index contributed by atoms with van der Waals surface area (Å²) < 4.78 is 0. The smallest absolute Gasteiger partial charge is 0.272 e. The molecule has 148 valence electrons. The maximum absolute atomic E-state index is 12.9. The quantitative estimate of drug-likeness (QED) is 0.718. The van der Waals surface area contributed by atoms with Gasteiger partial charge in [0.1, 0.15) is 17.6 Å². The molecular formula is C22H23N5O2. The number of amides is 2. The molecule has 0 bridgehead atoms. The molecule has 1 aliphatic rings. The van der Waals surface area contributed by atoms with E-state index in [2.05, 4.69) is 20.5 Å². The summed E-state index contributed by atoms with van der Waals surface area (Å²) in [4.78, 5) is 31.5. The minimum atomic E-state index is -0.633. The van der Waals surface area contributed by atoms with Crippen LogP contribution in [0.5, 0.6) is 0 Å². The number of H-pyrrole nitrogens is 1. The van der Waals surface area contributed by atoms with Crippen LogP contribution < -0.4 is 10.2 Å². The van der Waals surface area contributed by atoms with Gasteiger partial charge in [-0.1, -0.05) is 43.3 Å². The van der Waals surface area contributed by atoms with Crippen molar-refractivity contribution in [1.29, 1.82) is 0 Å². The van der Waals surface area contributed by atoms with E-state index in [0.717, 1.165) is 16.8 Å². The standard InChI is InChI=1S/C22H23N5O2/c1-14-11-19(22(29)27(2)20-17(14)9-6-10-23-20)24-21(28)18-13-16(25-26-18)12-15-7-4-3-5-8-15/h3-10,13-14,19H,11-12H2,1-2H3,(H,24,28)(H,25,26)/t14-,19-/m0/s1. The summed E-state index contributed by atoms with van der Waals surface area (Å²) in [6.07, 6.45) is 2.84. The molecule has 0 aliphatic carbocycles. The Morgan fingerprint density at radius 3 is 2.83 bits per heavy atom. The maximum Gasteiger partial charge on any atom is 0.272 e. The molecule has 4 rings (SSSR count).